The summed E-state index contributed by atoms with van der Waals surface area (Å²) in [5, 5.41) is 40.9. The summed E-state index contributed by atoms with van der Waals surface area (Å²) in [6.45, 7) is 24.6. The first kappa shape index (κ1) is 36.5. The maximum atomic E-state index is 10.7. The lowest BCUT2D eigenvalue weighted by Gasteiger charge is -2.20. The van der Waals surface area contributed by atoms with E-state index in [2.05, 4.69) is 79.7 Å². The lowest BCUT2D eigenvalue weighted by molar-refractivity contribution is 0.454. The van der Waals surface area contributed by atoms with Crippen molar-refractivity contribution in [2.45, 2.75) is 120 Å². The van der Waals surface area contributed by atoms with Crippen molar-refractivity contribution in [1.29, 1.82) is 0 Å². The molecule has 248 valence electrons. The van der Waals surface area contributed by atoms with Crippen LogP contribution in [0.4, 0.5) is 0 Å². The van der Waals surface area contributed by atoms with Gasteiger partial charge in [-0.1, -0.05) is 104 Å². The normalized spacial score (nSPS) is 11.5. The average Bonchev–Trinajstić information content (AvgIpc) is 2.95. The Morgan fingerprint density at radius 3 is 0.739 bits per heavy atom. The Labute approximate surface area is 277 Å². The van der Waals surface area contributed by atoms with Gasteiger partial charge in [-0.25, -0.2) is 0 Å². The highest BCUT2D eigenvalue weighted by Crippen LogP contribution is 2.38. The summed E-state index contributed by atoms with van der Waals surface area (Å²) in [5.74, 6) is 2.75. The molecule has 4 rings (SSSR count). The van der Waals surface area contributed by atoms with E-state index in [0.29, 0.717) is 23.0 Å². The second kappa shape index (κ2) is 15.1. The van der Waals surface area contributed by atoms with Crippen LogP contribution < -0.4 is 0 Å². The SMILES string of the molecule is CC(C)c1cc(Cc2cc(C(C)C)c(O)c(C(C)C)c2)cc(C(C)C)c1O.Cc1cc(Cc2cc(C)c(O)c(C)c2)cc(C)c1O. The highest BCUT2D eigenvalue weighted by Gasteiger charge is 2.18. The molecule has 4 nitrogen and oxygen atoms in total. The highest BCUT2D eigenvalue weighted by atomic mass is 16.3. The minimum atomic E-state index is 0.278. The van der Waals surface area contributed by atoms with E-state index in [1.807, 2.05) is 52.0 Å². The first-order valence-corrected chi connectivity index (χ1v) is 16.7. The third-order valence-electron chi connectivity index (χ3n) is 8.86. The van der Waals surface area contributed by atoms with Gasteiger partial charge in [-0.2, -0.15) is 0 Å². The van der Waals surface area contributed by atoms with Crippen LogP contribution in [0.1, 0.15) is 146 Å². The monoisotopic (exact) mass is 624 g/mol. The van der Waals surface area contributed by atoms with Crippen LogP contribution in [0, 0.1) is 27.7 Å². The van der Waals surface area contributed by atoms with Crippen LogP contribution in [0.2, 0.25) is 0 Å². The zero-order valence-electron chi connectivity index (χ0n) is 30.1. The fourth-order valence-electron chi connectivity index (χ4n) is 6.22. The maximum absolute atomic E-state index is 10.7. The van der Waals surface area contributed by atoms with Gasteiger partial charge in [0, 0.05) is 0 Å². The Balaban J connectivity index is 0.000000266. The molecule has 0 saturated heterocycles. The van der Waals surface area contributed by atoms with E-state index in [-0.39, 0.29) is 23.7 Å². The number of phenols is 4. The highest BCUT2D eigenvalue weighted by molar-refractivity contribution is 5.51. The number of aromatic hydroxyl groups is 4. The standard InChI is InChI=1S/C25H36O2.C17H20O2/c1-14(2)20-10-18(11-21(15(3)4)24(20)26)9-19-12-22(16(5)6)25(27)23(13-19)17(7)8;1-10-5-14(6-11(2)16(10)18)9-15-7-12(3)17(19)13(4)8-15/h10-17,26-27H,9H2,1-8H3;5-8,18-19H,9H2,1-4H3. The Morgan fingerprint density at radius 1 is 0.348 bits per heavy atom. The topological polar surface area (TPSA) is 80.9 Å². The quantitative estimate of drug-likeness (QED) is 0.157. The van der Waals surface area contributed by atoms with Crippen LogP contribution in [0.3, 0.4) is 0 Å². The summed E-state index contributed by atoms with van der Waals surface area (Å²) in [6.07, 6.45) is 1.61. The smallest absolute Gasteiger partial charge is 0.122 e. The number of benzene rings is 4. The molecule has 0 aliphatic heterocycles. The summed E-state index contributed by atoms with van der Waals surface area (Å²) < 4.78 is 0. The molecule has 0 fully saturated rings. The summed E-state index contributed by atoms with van der Waals surface area (Å²) in [6, 6.07) is 16.6. The van der Waals surface area contributed by atoms with Crippen molar-refractivity contribution >= 4 is 0 Å². The van der Waals surface area contributed by atoms with E-state index in [1.54, 1.807) is 0 Å². The predicted octanol–water partition coefficient (Wildman–Crippen LogP) is 11.1. The third kappa shape index (κ3) is 8.66. The molecule has 46 heavy (non-hydrogen) atoms. The number of hydrogen-bond acceptors (Lipinski definition) is 4. The van der Waals surface area contributed by atoms with E-state index < -0.39 is 0 Å². The van der Waals surface area contributed by atoms with Crippen molar-refractivity contribution < 1.29 is 20.4 Å². The molecule has 0 saturated carbocycles. The molecule has 4 N–H and O–H groups in total. The lowest BCUT2D eigenvalue weighted by Crippen LogP contribution is -2.02. The number of aryl methyl sites for hydroxylation is 4. The van der Waals surface area contributed by atoms with Gasteiger partial charge in [0.1, 0.15) is 23.0 Å². The van der Waals surface area contributed by atoms with Crippen molar-refractivity contribution in [2.24, 2.45) is 0 Å². The molecule has 4 heteroatoms. The Hall–Kier alpha value is -3.92. The van der Waals surface area contributed by atoms with Gasteiger partial charge in [0.25, 0.3) is 0 Å². The molecule has 0 radical (unpaired) electrons. The molecule has 0 heterocycles. The van der Waals surface area contributed by atoms with Gasteiger partial charge in [-0.05, 0) is 131 Å². The van der Waals surface area contributed by atoms with Crippen molar-refractivity contribution in [3.63, 3.8) is 0 Å². The van der Waals surface area contributed by atoms with Gasteiger partial charge >= 0.3 is 0 Å². The van der Waals surface area contributed by atoms with Crippen molar-refractivity contribution in [2.75, 3.05) is 0 Å². The minimum absolute atomic E-state index is 0.278. The summed E-state index contributed by atoms with van der Waals surface area (Å²) >= 11 is 0. The molecular formula is C42H56O4. The van der Waals surface area contributed by atoms with Gasteiger partial charge in [0.05, 0.1) is 0 Å². The first-order chi connectivity index (χ1) is 21.4. The van der Waals surface area contributed by atoms with E-state index in [1.165, 1.54) is 22.3 Å². The van der Waals surface area contributed by atoms with E-state index in [4.69, 9.17) is 0 Å². The fraction of sp³-hybridized carbons (Fsp3) is 0.429. The number of rotatable bonds is 8. The molecule has 0 unspecified atom stereocenters. The molecule has 0 aromatic heterocycles. The molecular weight excluding hydrogens is 568 g/mol. The minimum Gasteiger partial charge on any atom is -0.507 e. The van der Waals surface area contributed by atoms with Crippen molar-refractivity contribution in [3.05, 3.63) is 115 Å². The maximum Gasteiger partial charge on any atom is 0.122 e. The molecule has 0 atom stereocenters. The van der Waals surface area contributed by atoms with Crippen molar-refractivity contribution in [1.82, 2.24) is 0 Å². The fourth-order valence-corrected chi connectivity index (χ4v) is 6.22. The zero-order valence-corrected chi connectivity index (χ0v) is 30.1. The third-order valence-corrected chi connectivity index (χ3v) is 8.86. The summed E-state index contributed by atoms with van der Waals surface area (Å²) in [4.78, 5) is 0. The van der Waals surface area contributed by atoms with Gasteiger partial charge < -0.3 is 20.4 Å². The van der Waals surface area contributed by atoms with Crippen LogP contribution in [-0.4, -0.2) is 20.4 Å². The average molecular weight is 625 g/mol. The number of phenolic OH excluding ortho intramolecular Hbond substituents is 4. The van der Waals surface area contributed by atoms with Gasteiger partial charge in [-0.3, -0.25) is 0 Å². The molecule has 0 aliphatic rings. The van der Waals surface area contributed by atoms with Gasteiger partial charge in [0.15, 0.2) is 0 Å². The van der Waals surface area contributed by atoms with E-state index >= 15 is 0 Å². The van der Waals surface area contributed by atoms with Crippen LogP contribution in [0.25, 0.3) is 0 Å². The molecule has 4 aromatic carbocycles. The molecule has 0 amide bonds. The van der Waals surface area contributed by atoms with Crippen molar-refractivity contribution in [3.8, 4) is 23.0 Å². The molecule has 0 bridgehead atoms. The largest absolute Gasteiger partial charge is 0.507 e. The van der Waals surface area contributed by atoms with Crippen LogP contribution in [-0.2, 0) is 12.8 Å². The number of hydrogen-bond donors (Lipinski definition) is 4. The molecule has 4 aromatic rings. The van der Waals surface area contributed by atoms with Gasteiger partial charge in [-0.15, -0.1) is 0 Å². The summed E-state index contributed by atoms with van der Waals surface area (Å²) in [7, 11) is 0. The Bertz CT molecular complexity index is 1450. The molecule has 0 spiro atoms. The van der Waals surface area contributed by atoms with E-state index in [0.717, 1.165) is 57.3 Å². The lowest BCUT2D eigenvalue weighted by atomic mass is 9.87. The Kier molecular flexibility index (Phi) is 12.0. The predicted molar refractivity (Wildman–Crippen MR) is 193 cm³/mol. The second-order valence-electron chi connectivity index (χ2n) is 14.4. The van der Waals surface area contributed by atoms with Crippen LogP contribution >= 0.6 is 0 Å². The Morgan fingerprint density at radius 2 is 0.543 bits per heavy atom. The van der Waals surface area contributed by atoms with Crippen LogP contribution in [0.5, 0.6) is 23.0 Å². The first-order valence-electron chi connectivity index (χ1n) is 16.7. The zero-order chi connectivity index (χ0) is 34.6. The second-order valence-corrected chi connectivity index (χ2v) is 14.4. The van der Waals surface area contributed by atoms with E-state index in [9.17, 15) is 20.4 Å². The van der Waals surface area contributed by atoms with Crippen LogP contribution in [0.15, 0.2) is 48.5 Å². The van der Waals surface area contributed by atoms with Gasteiger partial charge in [0.2, 0.25) is 0 Å². The summed E-state index contributed by atoms with van der Waals surface area (Å²) in [5.41, 5.74) is 12.5. The molecule has 0 aliphatic carbocycles.